The molecule has 0 spiro atoms. The number of hydrogen-bond donors (Lipinski definition) is 1. The first-order valence-corrected chi connectivity index (χ1v) is 13.7. The molecule has 0 bridgehead atoms. The molecule has 11 heteroatoms. The fourth-order valence-electron chi connectivity index (χ4n) is 3.88. The van der Waals surface area contributed by atoms with Crippen LogP contribution >= 0.6 is 34.4 Å². The molecule has 1 aromatic carbocycles. The van der Waals surface area contributed by atoms with Gasteiger partial charge < -0.3 is 9.64 Å². The van der Waals surface area contributed by atoms with Gasteiger partial charge in [-0.05, 0) is 42.1 Å². The molecule has 0 aliphatic carbocycles. The summed E-state index contributed by atoms with van der Waals surface area (Å²) < 4.78 is 6.61. The van der Waals surface area contributed by atoms with Gasteiger partial charge in [-0.15, -0.1) is 0 Å². The number of piperazine rings is 1. The zero-order valence-corrected chi connectivity index (χ0v) is 22.3. The van der Waals surface area contributed by atoms with Crippen LogP contribution in [0.3, 0.4) is 0 Å². The van der Waals surface area contributed by atoms with E-state index < -0.39 is 6.04 Å². The monoisotopic (exact) mass is 539 g/mol. The van der Waals surface area contributed by atoms with Crippen LogP contribution in [0.4, 0.5) is 5.13 Å². The lowest BCUT2D eigenvalue weighted by atomic mass is 10.1. The minimum Gasteiger partial charge on any atom is -0.496 e. The van der Waals surface area contributed by atoms with Crippen molar-refractivity contribution in [2.45, 2.75) is 28.6 Å². The topological polar surface area (TPSA) is 98.6 Å². The standard InChI is InChI=1S/C25H25N5O3S3/c1-4-22(31)30-7-6-29(14-19(30)11-26)13-18-10-21(16(2)9-20(18)33-3)35-23-12-27-25(36-23)28-24(32)17-5-8-34-15-17/h4-5,8-10,12,15,19H,1,6-7,13-14H2,2-3H3,(H,27,28,32)/t19-/m1/s1. The maximum Gasteiger partial charge on any atom is 0.258 e. The summed E-state index contributed by atoms with van der Waals surface area (Å²) in [5.74, 6) is 0.391. The van der Waals surface area contributed by atoms with Crippen molar-refractivity contribution in [1.82, 2.24) is 14.8 Å². The Balaban J connectivity index is 1.47. The van der Waals surface area contributed by atoms with E-state index in [9.17, 15) is 14.9 Å². The second-order valence-electron chi connectivity index (χ2n) is 8.10. The number of carbonyl (C=O) groups excluding carboxylic acids is 2. The van der Waals surface area contributed by atoms with E-state index in [2.05, 4.69) is 33.9 Å². The normalized spacial score (nSPS) is 15.8. The Morgan fingerprint density at radius 3 is 2.94 bits per heavy atom. The molecule has 4 rings (SSSR count). The van der Waals surface area contributed by atoms with E-state index in [4.69, 9.17) is 4.74 Å². The number of amides is 2. The van der Waals surface area contributed by atoms with Gasteiger partial charge in [0, 0.05) is 42.0 Å². The second kappa shape index (κ2) is 11.7. The van der Waals surface area contributed by atoms with Gasteiger partial charge in [-0.1, -0.05) is 29.7 Å². The lowest BCUT2D eigenvalue weighted by Crippen LogP contribution is -2.53. The molecule has 0 unspecified atom stereocenters. The number of carbonyl (C=O) groups is 2. The van der Waals surface area contributed by atoms with Crippen LogP contribution in [0.1, 0.15) is 21.5 Å². The van der Waals surface area contributed by atoms with E-state index in [1.807, 2.05) is 18.4 Å². The lowest BCUT2D eigenvalue weighted by Gasteiger charge is -2.38. The van der Waals surface area contributed by atoms with Gasteiger partial charge in [0.2, 0.25) is 5.91 Å². The van der Waals surface area contributed by atoms with Crippen LogP contribution in [0.15, 0.2) is 56.9 Å². The number of nitriles is 1. The van der Waals surface area contributed by atoms with Crippen LogP contribution in [-0.2, 0) is 11.3 Å². The minimum absolute atomic E-state index is 0.171. The molecule has 186 valence electrons. The summed E-state index contributed by atoms with van der Waals surface area (Å²) in [6, 6.07) is 7.61. The fraction of sp³-hybridized carbons (Fsp3) is 0.280. The zero-order chi connectivity index (χ0) is 25.7. The number of hydrogen-bond acceptors (Lipinski definition) is 9. The molecule has 1 fully saturated rings. The number of thiophene rings is 1. The molecule has 2 amide bonds. The lowest BCUT2D eigenvalue weighted by molar-refractivity contribution is -0.129. The van der Waals surface area contributed by atoms with Gasteiger partial charge in [0.1, 0.15) is 11.8 Å². The van der Waals surface area contributed by atoms with Crippen molar-refractivity contribution in [3.8, 4) is 11.8 Å². The van der Waals surface area contributed by atoms with Crippen LogP contribution in [-0.4, -0.2) is 59.4 Å². The first-order valence-electron chi connectivity index (χ1n) is 11.1. The average Bonchev–Trinajstić information content (AvgIpc) is 3.58. The van der Waals surface area contributed by atoms with E-state index in [-0.39, 0.29) is 11.8 Å². The number of nitrogens with zero attached hydrogens (tertiary/aromatic N) is 4. The summed E-state index contributed by atoms with van der Waals surface area (Å²) in [7, 11) is 1.65. The number of anilines is 1. The molecule has 8 nitrogen and oxygen atoms in total. The highest BCUT2D eigenvalue weighted by atomic mass is 32.2. The van der Waals surface area contributed by atoms with E-state index >= 15 is 0 Å². The number of aromatic nitrogens is 1. The van der Waals surface area contributed by atoms with Crippen LogP contribution in [0.2, 0.25) is 0 Å². The maximum atomic E-state index is 12.3. The number of ether oxygens (including phenoxy) is 1. The molecule has 1 aliphatic heterocycles. The van der Waals surface area contributed by atoms with E-state index in [0.29, 0.717) is 36.9 Å². The molecule has 36 heavy (non-hydrogen) atoms. The summed E-state index contributed by atoms with van der Waals surface area (Å²) in [6.07, 6.45) is 3.01. The van der Waals surface area contributed by atoms with Gasteiger partial charge in [-0.25, -0.2) is 4.98 Å². The molecule has 1 saturated heterocycles. The Hall–Kier alpha value is -3.17. The van der Waals surface area contributed by atoms with Gasteiger partial charge in [0.05, 0.1) is 29.1 Å². The molecule has 1 aliphatic rings. The Morgan fingerprint density at radius 2 is 2.25 bits per heavy atom. The first kappa shape index (κ1) is 25.9. The number of rotatable bonds is 8. The van der Waals surface area contributed by atoms with Gasteiger partial charge in [-0.2, -0.15) is 16.6 Å². The Morgan fingerprint density at radius 1 is 1.42 bits per heavy atom. The summed E-state index contributed by atoms with van der Waals surface area (Å²) in [5.41, 5.74) is 2.68. The van der Waals surface area contributed by atoms with E-state index in [1.165, 1.54) is 28.7 Å². The Kier molecular flexibility index (Phi) is 8.43. The minimum atomic E-state index is -0.519. The Labute approximate surface area is 222 Å². The van der Waals surface area contributed by atoms with Crippen LogP contribution in [0, 0.1) is 18.3 Å². The molecular weight excluding hydrogens is 515 g/mol. The highest BCUT2D eigenvalue weighted by molar-refractivity contribution is 8.01. The maximum absolute atomic E-state index is 12.3. The third-order valence-electron chi connectivity index (χ3n) is 5.74. The summed E-state index contributed by atoms with van der Waals surface area (Å²) in [4.78, 5) is 33.5. The third kappa shape index (κ3) is 5.96. The number of thiazole rings is 1. The van der Waals surface area contributed by atoms with E-state index in [1.54, 1.807) is 41.4 Å². The zero-order valence-electron chi connectivity index (χ0n) is 19.9. The molecule has 0 saturated carbocycles. The van der Waals surface area contributed by atoms with Gasteiger partial charge in [0.25, 0.3) is 5.91 Å². The summed E-state index contributed by atoms with van der Waals surface area (Å²) in [5, 5.41) is 16.6. The number of aryl methyl sites for hydroxylation is 1. The highest BCUT2D eigenvalue weighted by Crippen LogP contribution is 2.38. The first-order chi connectivity index (χ1) is 17.4. The smallest absolute Gasteiger partial charge is 0.258 e. The van der Waals surface area contributed by atoms with Crippen LogP contribution < -0.4 is 10.1 Å². The SMILES string of the molecule is C=CC(=O)N1CCN(Cc2cc(Sc3cnc(NC(=O)c4ccsc4)s3)c(C)cc2OC)C[C@H]1C#N. The second-order valence-corrected chi connectivity index (χ2v) is 11.3. The van der Waals surface area contributed by atoms with Crippen molar-refractivity contribution >= 4 is 51.4 Å². The molecule has 1 N–H and O–H groups in total. The van der Waals surface area contributed by atoms with Crippen molar-refractivity contribution in [1.29, 1.82) is 5.26 Å². The summed E-state index contributed by atoms with van der Waals surface area (Å²) in [6.45, 7) is 7.74. The molecule has 3 heterocycles. The summed E-state index contributed by atoms with van der Waals surface area (Å²) >= 11 is 4.48. The van der Waals surface area contributed by atoms with Crippen molar-refractivity contribution in [3.63, 3.8) is 0 Å². The average molecular weight is 540 g/mol. The molecule has 3 aromatic rings. The van der Waals surface area contributed by atoms with E-state index in [0.717, 1.165) is 26.0 Å². The van der Waals surface area contributed by atoms with Crippen molar-refractivity contribution in [2.24, 2.45) is 0 Å². The van der Waals surface area contributed by atoms with Crippen LogP contribution in [0.25, 0.3) is 0 Å². The predicted molar refractivity (Wildman–Crippen MR) is 143 cm³/mol. The quantitative estimate of drug-likeness (QED) is 0.416. The predicted octanol–water partition coefficient (Wildman–Crippen LogP) is 4.65. The molecule has 2 aromatic heterocycles. The highest BCUT2D eigenvalue weighted by Gasteiger charge is 2.29. The Bertz CT molecular complexity index is 1300. The number of benzene rings is 1. The third-order valence-corrected chi connectivity index (χ3v) is 8.60. The van der Waals surface area contributed by atoms with Crippen molar-refractivity contribution < 1.29 is 14.3 Å². The molecule has 1 atom stereocenters. The van der Waals surface area contributed by atoms with Gasteiger partial charge >= 0.3 is 0 Å². The van der Waals surface area contributed by atoms with Crippen LogP contribution in [0.5, 0.6) is 5.75 Å². The number of methoxy groups -OCH3 is 1. The van der Waals surface area contributed by atoms with Crippen molar-refractivity contribution in [3.05, 3.63) is 64.5 Å². The molecule has 0 radical (unpaired) electrons. The number of nitrogens with one attached hydrogen (secondary N) is 1. The van der Waals surface area contributed by atoms with Gasteiger partial charge in [-0.3, -0.25) is 19.8 Å². The largest absolute Gasteiger partial charge is 0.496 e. The fourth-order valence-corrected chi connectivity index (χ4v) is 6.48. The van der Waals surface area contributed by atoms with Gasteiger partial charge in [0.15, 0.2) is 5.13 Å². The molecular formula is C25H25N5O3S3. The van der Waals surface area contributed by atoms with Crippen molar-refractivity contribution in [2.75, 3.05) is 32.1 Å².